The molecule has 1 aliphatic rings. The minimum Gasteiger partial charge on any atom is -0.496 e. The fourth-order valence-corrected chi connectivity index (χ4v) is 2.93. The number of ether oxygens (including phenoxy) is 2. The van der Waals surface area contributed by atoms with Crippen molar-refractivity contribution in [2.75, 3.05) is 27.3 Å². The van der Waals surface area contributed by atoms with E-state index < -0.39 is 0 Å². The summed E-state index contributed by atoms with van der Waals surface area (Å²) in [4.78, 5) is 1.42. The Kier molecular flexibility index (Phi) is 4.66. The second kappa shape index (κ2) is 6.26. The van der Waals surface area contributed by atoms with Crippen molar-refractivity contribution in [3.63, 3.8) is 0 Å². The standard InChI is InChI=1S/C15H23NO3/c1-11-14(18-2)7-6-12(15(11)19-3)9-16-8-4-5-13(17)10-16/h6-7,13,17H,4-5,8-10H2,1-3H3/p+1/t13-/m1/s1. The molecule has 1 unspecified atom stereocenters. The van der Waals surface area contributed by atoms with Crippen LogP contribution in [-0.4, -0.2) is 38.5 Å². The van der Waals surface area contributed by atoms with Crippen LogP contribution in [0.25, 0.3) is 0 Å². The predicted molar refractivity (Wildman–Crippen MR) is 73.9 cm³/mol. The molecule has 106 valence electrons. The molecule has 0 aliphatic carbocycles. The molecule has 4 heteroatoms. The van der Waals surface area contributed by atoms with Crippen molar-refractivity contribution < 1.29 is 19.5 Å². The van der Waals surface area contributed by atoms with Gasteiger partial charge in [-0.05, 0) is 31.9 Å². The Labute approximate surface area is 114 Å². The SMILES string of the molecule is COc1ccc(C[NH+]2CCC[C@@H](O)C2)c(OC)c1C. The molecule has 1 aromatic rings. The van der Waals surface area contributed by atoms with Gasteiger partial charge in [-0.25, -0.2) is 0 Å². The first kappa shape index (κ1) is 14.2. The van der Waals surface area contributed by atoms with Crippen LogP contribution in [0.1, 0.15) is 24.0 Å². The van der Waals surface area contributed by atoms with Crippen LogP contribution in [0.4, 0.5) is 0 Å². The smallest absolute Gasteiger partial charge is 0.134 e. The zero-order valence-electron chi connectivity index (χ0n) is 12.0. The monoisotopic (exact) mass is 266 g/mol. The zero-order valence-corrected chi connectivity index (χ0v) is 12.0. The first-order valence-corrected chi connectivity index (χ1v) is 6.87. The highest BCUT2D eigenvalue weighted by atomic mass is 16.5. The summed E-state index contributed by atoms with van der Waals surface area (Å²) in [6.07, 6.45) is 1.87. The maximum Gasteiger partial charge on any atom is 0.134 e. The van der Waals surface area contributed by atoms with Crippen LogP contribution < -0.4 is 14.4 Å². The molecule has 0 bridgehead atoms. The molecule has 1 heterocycles. The first-order chi connectivity index (χ1) is 9.15. The van der Waals surface area contributed by atoms with E-state index >= 15 is 0 Å². The van der Waals surface area contributed by atoms with E-state index in [9.17, 15) is 5.11 Å². The Hall–Kier alpha value is -1.26. The van der Waals surface area contributed by atoms with Crippen molar-refractivity contribution >= 4 is 0 Å². The maximum absolute atomic E-state index is 9.75. The van der Waals surface area contributed by atoms with E-state index in [4.69, 9.17) is 9.47 Å². The lowest BCUT2D eigenvalue weighted by atomic mass is 10.0. The Morgan fingerprint density at radius 2 is 2.11 bits per heavy atom. The number of piperidine rings is 1. The van der Waals surface area contributed by atoms with Gasteiger partial charge in [-0.15, -0.1) is 0 Å². The van der Waals surface area contributed by atoms with Crippen molar-refractivity contribution in [3.8, 4) is 11.5 Å². The first-order valence-electron chi connectivity index (χ1n) is 6.87. The lowest BCUT2D eigenvalue weighted by molar-refractivity contribution is -0.921. The predicted octanol–water partition coefficient (Wildman–Crippen LogP) is 0.552. The van der Waals surface area contributed by atoms with Gasteiger partial charge in [0, 0.05) is 11.1 Å². The summed E-state index contributed by atoms with van der Waals surface area (Å²) in [6, 6.07) is 4.06. The fraction of sp³-hybridized carbons (Fsp3) is 0.600. The maximum atomic E-state index is 9.75. The van der Waals surface area contributed by atoms with Gasteiger partial charge in [0.15, 0.2) is 0 Å². The van der Waals surface area contributed by atoms with Crippen molar-refractivity contribution in [2.24, 2.45) is 0 Å². The van der Waals surface area contributed by atoms with Crippen LogP contribution in [-0.2, 0) is 6.54 Å². The van der Waals surface area contributed by atoms with Crippen LogP contribution in [0.15, 0.2) is 12.1 Å². The van der Waals surface area contributed by atoms with Crippen LogP contribution >= 0.6 is 0 Å². The van der Waals surface area contributed by atoms with E-state index in [2.05, 4.69) is 6.07 Å². The molecule has 0 saturated carbocycles. The molecule has 1 fully saturated rings. The van der Waals surface area contributed by atoms with E-state index in [1.807, 2.05) is 13.0 Å². The number of hydrogen-bond acceptors (Lipinski definition) is 3. The second-order valence-corrected chi connectivity index (χ2v) is 5.26. The number of rotatable bonds is 4. The number of aliphatic hydroxyl groups excluding tert-OH is 1. The number of likely N-dealkylation sites (tertiary alicyclic amines) is 1. The molecule has 4 nitrogen and oxygen atoms in total. The lowest BCUT2D eigenvalue weighted by Gasteiger charge is -2.27. The normalized spacial score (nSPS) is 23.2. The van der Waals surface area contributed by atoms with Gasteiger partial charge in [0.2, 0.25) is 0 Å². The Balaban J connectivity index is 2.17. The summed E-state index contributed by atoms with van der Waals surface area (Å²) < 4.78 is 10.9. The summed E-state index contributed by atoms with van der Waals surface area (Å²) in [5.74, 6) is 1.76. The Bertz CT molecular complexity index is 434. The summed E-state index contributed by atoms with van der Waals surface area (Å²) in [7, 11) is 3.37. The summed E-state index contributed by atoms with van der Waals surface area (Å²) in [5.41, 5.74) is 2.23. The van der Waals surface area contributed by atoms with E-state index in [-0.39, 0.29) is 6.10 Å². The molecular formula is C15H24NO3+. The fourth-order valence-electron chi connectivity index (χ4n) is 2.93. The molecule has 1 aromatic carbocycles. The van der Waals surface area contributed by atoms with Gasteiger partial charge in [0.25, 0.3) is 0 Å². The van der Waals surface area contributed by atoms with Gasteiger partial charge in [-0.1, -0.05) is 0 Å². The molecular weight excluding hydrogens is 242 g/mol. The van der Waals surface area contributed by atoms with Crippen LogP contribution in [0, 0.1) is 6.92 Å². The van der Waals surface area contributed by atoms with E-state index in [1.54, 1.807) is 14.2 Å². The number of nitrogens with one attached hydrogen (secondary N) is 1. The van der Waals surface area contributed by atoms with E-state index in [1.165, 1.54) is 10.5 Å². The van der Waals surface area contributed by atoms with Crippen molar-refractivity contribution in [1.29, 1.82) is 0 Å². The number of aliphatic hydroxyl groups is 1. The number of quaternary nitrogens is 1. The second-order valence-electron chi connectivity index (χ2n) is 5.26. The highest BCUT2D eigenvalue weighted by Crippen LogP contribution is 2.30. The van der Waals surface area contributed by atoms with E-state index in [0.717, 1.165) is 49.5 Å². The zero-order chi connectivity index (χ0) is 13.8. The summed E-state index contributed by atoms with van der Waals surface area (Å²) in [5, 5.41) is 9.75. The average molecular weight is 266 g/mol. The molecule has 0 spiro atoms. The molecule has 1 aliphatic heterocycles. The molecule has 0 aromatic heterocycles. The Morgan fingerprint density at radius 1 is 1.32 bits per heavy atom. The molecule has 2 N–H and O–H groups in total. The third-order valence-electron chi connectivity index (χ3n) is 3.89. The minimum absolute atomic E-state index is 0.158. The summed E-state index contributed by atoms with van der Waals surface area (Å²) >= 11 is 0. The third kappa shape index (κ3) is 3.19. The molecule has 2 atom stereocenters. The number of hydrogen-bond donors (Lipinski definition) is 2. The lowest BCUT2D eigenvalue weighted by Crippen LogP contribution is -3.12. The van der Waals surface area contributed by atoms with Gasteiger partial charge >= 0.3 is 0 Å². The van der Waals surface area contributed by atoms with Gasteiger partial charge in [-0.2, -0.15) is 0 Å². The largest absolute Gasteiger partial charge is 0.496 e. The van der Waals surface area contributed by atoms with E-state index in [0.29, 0.717) is 0 Å². The molecule has 0 radical (unpaired) electrons. The van der Waals surface area contributed by atoms with Crippen LogP contribution in [0.2, 0.25) is 0 Å². The topological polar surface area (TPSA) is 43.1 Å². The van der Waals surface area contributed by atoms with Gasteiger partial charge < -0.3 is 19.5 Å². The summed E-state index contributed by atoms with van der Waals surface area (Å²) in [6.45, 7) is 4.85. The van der Waals surface area contributed by atoms with Crippen molar-refractivity contribution in [2.45, 2.75) is 32.4 Å². The third-order valence-corrected chi connectivity index (χ3v) is 3.89. The van der Waals surface area contributed by atoms with Gasteiger partial charge in [0.1, 0.15) is 30.7 Å². The number of benzene rings is 1. The van der Waals surface area contributed by atoms with Crippen molar-refractivity contribution in [1.82, 2.24) is 0 Å². The average Bonchev–Trinajstić information content (AvgIpc) is 2.39. The van der Waals surface area contributed by atoms with Crippen LogP contribution in [0.5, 0.6) is 11.5 Å². The number of methoxy groups -OCH3 is 2. The van der Waals surface area contributed by atoms with Crippen molar-refractivity contribution in [3.05, 3.63) is 23.3 Å². The molecule has 1 saturated heterocycles. The Morgan fingerprint density at radius 3 is 2.74 bits per heavy atom. The molecule has 2 rings (SSSR count). The highest BCUT2D eigenvalue weighted by molar-refractivity contribution is 5.48. The van der Waals surface area contributed by atoms with Gasteiger partial charge in [0.05, 0.1) is 20.8 Å². The van der Waals surface area contributed by atoms with Crippen LogP contribution in [0.3, 0.4) is 0 Å². The van der Waals surface area contributed by atoms with Gasteiger partial charge in [-0.3, -0.25) is 0 Å². The quantitative estimate of drug-likeness (QED) is 0.836. The highest BCUT2D eigenvalue weighted by Gasteiger charge is 2.23. The minimum atomic E-state index is -0.158. The molecule has 0 amide bonds. The molecule has 19 heavy (non-hydrogen) atoms.